The molecule has 1 aliphatic carbocycles. The van der Waals surface area contributed by atoms with Gasteiger partial charge >= 0.3 is 0 Å². The quantitative estimate of drug-likeness (QED) is 0.817. The molecule has 1 saturated carbocycles. The highest BCUT2D eigenvalue weighted by atomic mass is 35.5. The summed E-state index contributed by atoms with van der Waals surface area (Å²) in [6, 6.07) is 0.423. The molecule has 0 aliphatic heterocycles. The van der Waals surface area contributed by atoms with Crippen LogP contribution in [-0.2, 0) is 4.79 Å². The average Bonchev–Trinajstić information content (AvgIpc) is 2.22. The molecule has 3 nitrogen and oxygen atoms in total. The lowest BCUT2D eigenvalue weighted by molar-refractivity contribution is -0.125. The van der Waals surface area contributed by atoms with E-state index in [1.165, 1.54) is 32.1 Å². The molecular formula is C13H27ClN2O. The molecule has 1 unspecified atom stereocenters. The minimum Gasteiger partial charge on any atom is -0.353 e. The lowest BCUT2D eigenvalue weighted by atomic mass is 9.96. The van der Waals surface area contributed by atoms with Crippen molar-refractivity contribution in [2.45, 2.75) is 57.9 Å². The number of amides is 1. The molecule has 1 rings (SSSR count). The van der Waals surface area contributed by atoms with Crippen LogP contribution in [0.3, 0.4) is 0 Å². The van der Waals surface area contributed by atoms with E-state index < -0.39 is 0 Å². The van der Waals surface area contributed by atoms with Crippen LogP contribution in [0.4, 0.5) is 0 Å². The summed E-state index contributed by atoms with van der Waals surface area (Å²) >= 11 is 0. The number of carbonyl (C=O) groups is 1. The molecule has 1 amide bonds. The van der Waals surface area contributed by atoms with E-state index in [1.807, 2.05) is 14.0 Å². The fourth-order valence-electron chi connectivity index (χ4n) is 2.34. The maximum absolute atomic E-state index is 11.8. The Hall–Kier alpha value is -0.280. The number of hydrogen-bond acceptors (Lipinski definition) is 2. The molecule has 0 bridgehead atoms. The highest BCUT2D eigenvalue weighted by Gasteiger charge is 2.17. The van der Waals surface area contributed by atoms with Crippen LogP contribution < -0.4 is 10.6 Å². The third-order valence-corrected chi connectivity index (χ3v) is 3.41. The zero-order valence-corrected chi connectivity index (χ0v) is 11.9. The smallest absolute Gasteiger partial charge is 0.224 e. The van der Waals surface area contributed by atoms with Gasteiger partial charge in [0.25, 0.3) is 0 Å². The molecule has 0 aromatic heterocycles. The summed E-state index contributed by atoms with van der Waals surface area (Å²) in [5, 5.41) is 6.24. The van der Waals surface area contributed by atoms with Gasteiger partial charge in [0.15, 0.2) is 0 Å². The molecule has 0 spiro atoms. The Bertz CT molecular complexity index is 204. The van der Waals surface area contributed by atoms with Gasteiger partial charge in [0.1, 0.15) is 0 Å². The molecule has 0 aromatic carbocycles. The van der Waals surface area contributed by atoms with E-state index in [1.54, 1.807) is 0 Å². The van der Waals surface area contributed by atoms with E-state index in [9.17, 15) is 4.79 Å². The third kappa shape index (κ3) is 6.89. The minimum atomic E-state index is 0. The van der Waals surface area contributed by atoms with Crippen molar-refractivity contribution in [2.75, 3.05) is 13.6 Å². The third-order valence-electron chi connectivity index (χ3n) is 3.41. The van der Waals surface area contributed by atoms with E-state index in [-0.39, 0.29) is 24.2 Å². The lowest BCUT2D eigenvalue weighted by Crippen LogP contribution is -2.41. The molecular weight excluding hydrogens is 236 g/mol. The van der Waals surface area contributed by atoms with Gasteiger partial charge in [-0.15, -0.1) is 12.4 Å². The van der Waals surface area contributed by atoms with Gasteiger partial charge in [-0.3, -0.25) is 4.79 Å². The van der Waals surface area contributed by atoms with Crippen LogP contribution in [0.15, 0.2) is 0 Å². The fourth-order valence-corrected chi connectivity index (χ4v) is 2.34. The molecule has 0 radical (unpaired) electrons. The lowest BCUT2D eigenvalue weighted by Gasteiger charge is -2.22. The van der Waals surface area contributed by atoms with Crippen molar-refractivity contribution in [2.24, 2.45) is 5.92 Å². The van der Waals surface area contributed by atoms with Gasteiger partial charge in [0.05, 0.1) is 0 Å². The topological polar surface area (TPSA) is 41.1 Å². The maximum Gasteiger partial charge on any atom is 0.224 e. The number of rotatable bonds is 4. The largest absolute Gasteiger partial charge is 0.353 e. The standard InChI is InChI=1S/C13H26N2O.ClH/c1-11(10-14-2)13(16)15-12-8-6-4-3-5-7-9-12;/h11-12,14H,3-10H2,1-2H3,(H,15,16);1H. The van der Waals surface area contributed by atoms with Crippen molar-refractivity contribution in [3.05, 3.63) is 0 Å². The van der Waals surface area contributed by atoms with Gasteiger partial charge in [-0.25, -0.2) is 0 Å². The van der Waals surface area contributed by atoms with E-state index >= 15 is 0 Å². The van der Waals surface area contributed by atoms with E-state index in [0.717, 1.165) is 19.4 Å². The molecule has 0 saturated heterocycles. The maximum atomic E-state index is 11.8. The van der Waals surface area contributed by atoms with Crippen LogP contribution in [0.5, 0.6) is 0 Å². The van der Waals surface area contributed by atoms with Crippen molar-refractivity contribution in [1.82, 2.24) is 10.6 Å². The average molecular weight is 263 g/mol. The first-order valence-electron chi connectivity index (χ1n) is 6.69. The predicted octanol–water partition coefficient (Wildman–Crippen LogP) is 2.49. The fraction of sp³-hybridized carbons (Fsp3) is 0.923. The van der Waals surface area contributed by atoms with Gasteiger partial charge in [-0.05, 0) is 19.9 Å². The van der Waals surface area contributed by atoms with Crippen LogP contribution in [0.1, 0.15) is 51.9 Å². The van der Waals surface area contributed by atoms with E-state index in [2.05, 4.69) is 10.6 Å². The van der Waals surface area contributed by atoms with Gasteiger partial charge < -0.3 is 10.6 Å². The predicted molar refractivity (Wildman–Crippen MR) is 74.6 cm³/mol. The highest BCUT2D eigenvalue weighted by Crippen LogP contribution is 2.17. The molecule has 2 N–H and O–H groups in total. The zero-order chi connectivity index (χ0) is 11.8. The Labute approximate surface area is 112 Å². The normalized spacial score (nSPS) is 19.6. The summed E-state index contributed by atoms with van der Waals surface area (Å²) in [5.41, 5.74) is 0. The van der Waals surface area contributed by atoms with Crippen LogP contribution in [0.25, 0.3) is 0 Å². The summed E-state index contributed by atoms with van der Waals surface area (Å²) in [6.07, 6.45) is 8.90. The summed E-state index contributed by atoms with van der Waals surface area (Å²) in [7, 11) is 1.89. The zero-order valence-electron chi connectivity index (χ0n) is 11.1. The van der Waals surface area contributed by atoms with Crippen molar-refractivity contribution in [1.29, 1.82) is 0 Å². The first-order chi connectivity index (χ1) is 7.74. The number of carbonyl (C=O) groups excluding carboxylic acids is 1. The minimum absolute atomic E-state index is 0. The van der Waals surface area contributed by atoms with E-state index in [4.69, 9.17) is 0 Å². The number of halogens is 1. The van der Waals surface area contributed by atoms with Gasteiger partial charge in [0, 0.05) is 18.5 Å². The molecule has 1 fully saturated rings. The summed E-state index contributed by atoms with van der Waals surface area (Å²) in [6.45, 7) is 2.74. The van der Waals surface area contributed by atoms with Crippen LogP contribution in [-0.4, -0.2) is 25.5 Å². The second-order valence-electron chi connectivity index (χ2n) is 5.01. The molecule has 0 heterocycles. The monoisotopic (exact) mass is 262 g/mol. The van der Waals surface area contributed by atoms with Gasteiger partial charge in [0.2, 0.25) is 5.91 Å². The Morgan fingerprint density at radius 2 is 1.71 bits per heavy atom. The molecule has 4 heteroatoms. The summed E-state index contributed by atoms with van der Waals surface area (Å²) in [5.74, 6) is 0.287. The number of hydrogen-bond donors (Lipinski definition) is 2. The summed E-state index contributed by atoms with van der Waals surface area (Å²) < 4.78 is 0. The molecule has 1 atom stereocenters. The molecule has 0 aromatic rings. The molecule has 17 heavy (non-hydrogen) atoms. The highest BCUT2D eigenvalue weighted by molar-refractivity contribution is 5.85. The van der Waals surface area contributed by atoms with Crippen molar-refractivity contribution in [3.8, 4) is 0 Å². The Kier molecular flexibility index (Phi) is 9.56. The Balaban J connectivity index is 0.00000256. The van der Waals surface area contributed by atoms with Gasteiger partial charge in [-0.2, -0.15) is 0 Å². The Morgan fingerprint density at radius 1 is 1.18 bits per heavy atom. The number of nitrogens with one attached hydrogen (secondary N) is 2. The second kappa shape index (κ2) is 9.72. The van der Waals surface area contributed by atoms with Crippen molar-refractivity contribution in [3.63, 3.8) is 0 Å². The Morgan fingerprint density at radius 3 is 2.24 bits per heavy atom. The summed E-state index contributed by atoms with van der Waals surface area (Å²) in [4.78, 5) is 11.8. The van der Waals surface area contributed by atoms with Crippen LogP contribution in [0.2, 0.25) is 0 Å². The second-order valence-corrected chi connectivity index (χ2v) is 5.01. The van der Waals surface area contributed by atoms with E-state index in [0.29, 0.717) is 6.04 Å². The first kappa shape index (κ1) is 16.7. The van der Waals surface area contributed by atoms with Crippen LogP contribution in [0, 0.1) is 5.92 Å². The van der Waals surface area contributed by atoms with Crippen LogP contribution >= 0.6 is 12.4 Å². The van der Waals surface area contributed by atoms with Crippen molar-refractivity contribution >= 4 is 18.3 Å². The van der Waals surface area contributed by atoms with Crippen molar-refractivity contribution < 1.29 is 4.79 Å². The first-order valence-corrected chi connectivity index (χ1v) is 6.69. The molecule has 1 aliphatic rings. The SMILES string of the molecule is CNCC(C)C(=O)NC1CCCCCCC1.Cl. The van der Waals surface area contributed by atoms with Gasteiger partial charge in [-0.1, -0.05) is 39.0 Å². The molecule has 102 valence electrons.